The van der Waals surface area contributed by atoms with Gasteiger partial charge in [0.25, 0.3) is 0 Å². The lowest BCUT2D eigenvalue weighted by atomic mass is 10.1. The second-order valence-corrected chi connectivity index (χ2v) is 5.96. The minimum atomic E-state index is 0.606. The minimum Gasteiger partial charge on any atom is -0.394 e. The Bertz CT molecular complexity index is 654. The van der Waals surface area contributed by atoms with Crippen LogP contribution in [-0.4, -0.2) is 24.3 Å². The highest BCUT2D eigenvalue weighted by Crippen LogP contribution is 2.29. The molecule has 0 saturated carbocycles. The number of hydrogen-bond acceptors (Lipinski definition) is 2. The minimum absolute atomic E-state index is 0.606. The van der Waals surface area contributed by atoms with E-state index in [1.54, 1.807) is 0 Å². The van der Waals surface area contributed by atoms with Crippen molar-refractivity contribution in [1.82, 2.24) is 9.99 Å². The van der Waals surface area contributed by atoms with Crippen LogP contribution in [0.3, 0.4) is 0 Å². The topological polar surface area (TPSA) is 20.2 Å². The number of aromatic nitrogens is 1. The Morgan fingerprint density at radius 2 is 2.05 bits per heavy atom. The SMILES string of the molecule is CN/C=C\c1c(C)n(N2CCCCC2C)c2ccccc12. The quantitative estimate of drug-likeness (QED) is 0.928. The van der Waals surface area contributed by atoms with Gasteiger partial charge in [0.05, 0.1) is 5.52 Å². The first-order chi connectivity index (χ1) is 10.2. The molecular weight excluding hydrogens is 258 g/mol. The third-order valence-electron chi connectivity index (χ3n) is 4.57. The van der Waals surface area contributed by atoms with Crippen molar-refractivity contribution >= 4 is 17.0 Å². The van der Waals surface area contributed by atoms with Crippen LogP contribution in [0.1, 0.15) is 37.4 Å². The first-order valence-electron chi connectivity index (χ1n) is 7.95. The monoisotopic (exact) mass is 283 g/mol. The van der Waals surface area contributed by atoms with Gasteiger partial charge in [-0.15, -0.1) is 0 Å². The normalized spacial score (nSPS) is 19.6. The Kier molecular flexibility index (Phi) is 3.91. The number of fused-ring (bicyclic) bond motifs is 1. The molecule has 1 N–H and O–H groups in total. The lowest BCUT2D eigenvalue weighted by Crippen LogP contribution is -2.45. The Hall–Kier alpha value is -1.90. The van der Waals surface area contributed by atoms with Crippen molar-refractivity contribution in [3.05, 3.63) is 41.7 Å². The van der Waals surface area contributed by atoms with E-state index in [1.165, 1.54) is 41.4 Å². The van der Waals surface area contributed by atoms with Crippen molar-refractivity contribution < 1.29 is 0 Å². The van der Waals surface area contributed by atoms with Crippen molar-refractivity contribution in [1.29, 1.82) is 0 Å². The highest BCUT2D eigenvalue weighted by Gasteiger charge is 2.23. The summed E-state index contributed by atoms with van der Waals surface area (Å²) >= 11 is 0. The zero-order valence-electron chi connectivity index (χ0n) is 13.3. The molecule has 0 spiro atoms. The fraction of sp³-hybridized carbons (Fsp3) is 0.444. The van der Waals surface area contributed by atoms with E-state index in [2.05, 4.69) is 59.2 Å². The van der Waals surface area contributed by atoms with Crippen LogP contribution in [-0.2, 0) is 0 Å². The van der Waals surface area contributed by atoms with Gasteiger partial charge in [0.1, 0.15) is 0 Å². The molecule has 0 radical (unpaired) electrons. The van der Waals surface area contributed by atoms with Gasteiger partial charge < -0.3 is 10.3 Å². The third kappa shape index (κ3) is 2.41. The molecule has 1 aromatic carbocycles. The van der Waals surface area contributed by atoms with Crippen LogP contribution in [0, 0.1) is 6.92 Å². The van der Waals surface area contributed by atoms with Crippen LogP contribution in [0.25, 0.3) is 17.0 Å². The number of nitrogens with one attached hydrogen (secondary N) is 1. The summed E-state index contributed by atoms with van der Waals surface area (Å²) in [6.45, 7) is 5.73. The van der Waals surface area contributed by atoms with E-state index in [0.29, 0.717) is 6.04 Å². The Morgan fingerprint density at radius 1 is 1.24 bits per heavy atom. The predicted octanol–water partition coefficient (Wildman–Crippen LogP) is 3.65. The maximum atomic E-state index is 3.10. The molecule has 3 heteroatoms. The molecular formula is C18H25N3. The largest absolute Gasteiger partial charge is 0.394 e. The Morgan fingerprint density at radius 3 is 2.81 bits per heavy atom. The Labute approximate surface area is 127 Å². The van der Waals surface area contributed by atoms with E-state index in [1.807, 2.05) is 13.2 Å². The van der Waals surface area contributed by atoms with Crippen molar-refractivity contribution in [2.45, 2.75) is 39.2 Å². The highest BCUT2D eigenvalue weighted by atomic mass is 15.6. The van der Waals surface area contributed by atoms with Gasteiger partial charge in [0.2, 0.25) is 0 Å². The maximum Gasteiger partial charge on any atom is 0.0704 e. The van der Waals surface area contributed by atoms with Gasteiger partial charge in [0, 0.05) is 36.3 Å². The van der Waals surface area contributed by atoms with Gasteiger partial charge in [-0.25, -0.2) is 0 Å². The van der Waals surface area contributed by atoms with Gasteiger partial charge in [0.15, 0.2) is 0 Å². The smallest absolute Gasteiger partial charge is 0.0704 e. The summed E-state index contributed by atoms with van der Waals surface area (Å²) in [7, 11) is 1.94. The zero-order valence-corrected chi connectivity index (χ0v) is 13.3. The van der Waals surface area contributed by atoms with Gasteiger partial charge in [-0.1, -0.05) is 18.2 Å². The zero-order chi connectivity index (χ0) is 14.8. The fourth-order valence-corrected chi connectivity index (χ4v) is 3.46. The molecule has 1 aromatic heterocycles. The molecule has 112 valence electrons. The molecule has 1 aliphatic rings. The lowest BCUT2D eigenvalue weighted by molar-refractivity contribution is 0.402. The number of rotatable bonds is 3. The van der Waals surface area contributed by atoms with Crippen molar-refractivity contribution in [3.8, 4) is 0 Å². The molecule has 2 aromatic rings. The van der Waals surface area contributed by atoms with Gasteiger partial charge in [-0.3, -0.25) is 4.68 Å². The second kappa shape index (κ2) is 5.84. The van der Waals surface area contributed by atoms with E-state index in [-0.39, 0.29) is 0 Å². The summed E-state index contributed by atoms with van der Waals surface area (Å²) in [5.74, 6) is 0. The lowest BCUT2D eigenvalue weighted by Gasteiger charge is -2.37. The highest BCUT2D eigenvalue weighted by molar-refractivity contribution is 5.91. The van der Waals surface area contributed by atoms with Crippen LogP contribution < -0.4 is 10.3 Å². The van der Waals surface area contributed by atoms with Crippen LogP contribution >= 0.6 is 0 Å². The molecule has 3 nitrogen and oxygen atoms in total. The van der Waals surface area contributed by atoms with Crippen LogP contribution in [0.4, 0.5) is 0 Å². The molecule has 0 amide bonds. The van der Waals surface area contributed by atoms with E-state index in [0.717, 1.165) is 6.54 Å². The molecule has 1 fully saturated rings. The second-order valence-electron chi connectivity index (χ2n) is 5.96. The standard InChI is InChI=1S/C18H25N3/c1-14-8-6-7-13-20(14)21-15(2)16(11-12-19-3)17-9-4-5-10-18(17)21/h4-5,9-12,14,19H,6-8,13H2,1-3H3/b12-11-. The van der Waals surface area contributed by atoms with Gasteiger partial charge in [-0.2, -0.15) is 0 Å². The van der Waals surface area contributed by atoms with Crippen molar-refractivity contribution in [3.63, 3.8) is 0 Å². The predicted molar refractivity (Wildman–Crippen MR) is 91.2 cm³/mol. The molecule has 0 aliphatic carbocycles. The molecule has 1 unspecified atom stereocenters. The molecule has 2 heterocycles. The van der Waals surface area contributed by atoms with E-state index in [9.17, 15) is 0 Å². The van der Waals surface area contributed by atoms with Crippen LogP contribution in [0.5, 0.6) is 0 Å². The van der Waals surface area contributed by atoms with Crippen molar-refractivity contribution in [2.75, 3.05) is 18.6 Å². The van der Waals surface area contributed by atoms with Crippen molar-refractivity contribution in [2.24, 2.45) is 0 Å². The summed E-state index contributed by atoms with van der Waals surface area (Å²) in [5, 5.41) is 6.97. The molecule has 3 rings (SSSR count). The Balaban J connectivity index is 2.17. The van der Waals surface area contributed by atoms with E-state index < -0.39 is 0 Å². The molecule has 0 bridgehead atoms. The number of benzene rings is 1. The summed E-state index contributed by atoms with van der Waals surface area (Å²) < 4.78 is 2.44. The summed E-state index contributed by atoms with van der Waals surface area (Å²) in [4.78, 5) is 0. The van der Waals surface area contributed by atoms with Gasteiger partial charge in [-0.05, 0) is 51.5 Å². The van der Waals surface area contributed by atoms with Crippen LogP contribution in [0.2, 0.25) is 0 Å². The first kappa shape index (κ1) is 14.1. The molecule has 1 aliphatic heterocycles. The van der Waals surface area contributed by atoms with E-state index >= 15 is 0 Å². The number of hydrogen-bond donors (Lipinski definition) is 1. The van der Waals surface area contributed by atoms with Gasteiger partial charge >= 0.3 is 0 Å². The summed E-state index contributed by atoms with van der Waals surface area (Å²) in [6, 6.07) is 9.33. The summed E-state index contributed by atoms with van der Waals surface area (Å²) in [6.07, 6.45) is 8.12. The molecule has 1 saturated heterocycles. The average molecular weight is 283 g/mol. The molecule has 1 atom stereocenters. The third-order valence-corrected chi connectivity index (χ3v) is 4.57. The van der Waals surface area contributed by atoms with E-state index in [4.69, 9.17) is 0 Å². The fourth-order valence-electron chi connectivity index (χ4n) is 3.46. The first-order valence-corrected chi connectivity index (χ1v) is 7.95. The number of nitrogens with zero attached hydrogens (tertiary/aromatic N) is 2. The maximum absolute atomic E-state index is 3.10. The summed E-state index contributed by atoms with van der Waals surface area (Å²) in [5.41, 5.74) is 3.97. The number of para-hydroxylation sites is 1. The van der Waals surface area contributed by atoms with Crippen LogP contribution in [0.15, 0.2) is 30.5 Å². The molecule has 21 heavy (non-hydrogen) atoms. The average Bonchev–Trinajstić information content (AvgIpc) is 2.78. The number of piperidine rings is 1.